The van der Waals surface area contributed by atoms with E-state index in [2.05, 4.69) is 13.8 Å². The maximum Gasteiger partial charge on any atom is 0.469 e. The van der Waals surface area contributed by atoms with Gasteiger partial charge in [0.2, 0.25) is 0 Å². The average Bonchev–Trinajstić information content (AvgIpc) is 2.83. The maximum absolute atomic E-state index is 11.9. The van der Waals surface area contributed by atoms with Crippen LogP contribution in [0.4, 0.5) is 0 Å². The molecule has 2 N–H and O–H groups in total. The van der Waals surface area contributed by atoms with Crippen LogP contribution in [0.1, 0.15) is 65.2 Å². The molecular formula is C19H29O5P. The molecule has 3 fully saturated rings. The molecule has 4 aliphatic rings. The van der Waals surface area contributed by atoms with Crippen molar-refractivity contribution in [2.45, 2.75) is 71.3 Å². The van der Waals surface area contributed by atoms with Gasteiger partial charge in [0.1, 0.15) is 0 Å². The number of phosphoric ester groups is 1. The van der Waals surface area contributed by atoms with Crippen LogP contribution in [0.15, 0.2) is 11.6 Å². The summed E-state index contributed by atoms with van der Waals surface area (Å²) >= 11 is 0. The Labute approximate surface area is 149 Å². The van der Waals surface area contributed by atoms with Gasteiger partial charge < -0.3 is 9.79 Å². The number of carbonyl (C=O) groups excluding carboxylic acids is 1. The van der Waals surface area contributed by atoms with Gasteiger partial charge in [-0.15, -0.1) is 0 Å². The Bertz CT molecular complexity index is 667. The molecule has 0 aromatic carbocycles. The van der Waals surface area contributed by atoms with E-state index in [0.29, 0.717) is 24.2 Å². The summed E-state index contributed by atoms with van der Waals surface area (Å²) < 4.78 is 16.6. The van der Waals surface area contributed by atoms with Gasteiger partial charge in [-0.2, -0.15) is 0 Å². The zero-order valence-corrected chi connectivity index (χ0v) is 16.0. The zero-order valence-electron chi connectivity index (χ0n) is 15.1. The van der Waals surface area contributed by atoms with Crippen LogP contribution >= 0.6 is 7.82 Å². The standard InChI is InChI=1S/C19H29O5P/c1-18-9-7-13(20)11-12(18)3-4-14-15-5-6-17(24-25(21,22)23)19(15,2)10-8-16(14)18/h11,14-17H,3-10H2,1-2H3,(H2,21,22,23)/t14-,15-,16-,17-,18-,19+/m0/s1. The molecule has 0 aromatic heterocycles. The van der Waals surface area contributed by atoms with E-state index in [1.54, 1.807) is 0 Å². The highest BCUT2D eigenvalue weighted by Crippen LogP contribution is 2.66. The topological polar surface area (TPSA) is 83.8 Å². The minimum atomic E-state index is -4.45. The number of rotatable bonds is 2. The number of carbonyl (C=O) groups is 1. The third-order valence-electron chi connectivity index (χ3n) is 8.14. The number of hydrogen-bond acceptors (Lipinski definition) is 3. The van der Waals surface area contributed by atoms with Crippen LogP contribution in [-0.4, -0.2) is 21.7 Å². The summed E-state index contributed by atoms with van der Waals surface area (Å²) in [6, 6.07) is 0. The second-order valence-corrected chi connectivity index (χ2v) is 10.4. The van der Waals surface area contributed by atoms with E-state index in [9.17, 15) is 19.1 Å². The van der Waals surface area contributed by atoms with E-state index in [0.717, 1.165) is 44.9 Å². The molecular weight excluding hydrogens is 339 g/mol. The number of phosphoric acid groups is 1. The largest absolute Gasteiger partial charge is 0.469 e. The molecule has 6 atom stereocenters. The zero-order chi connectivity index (χ0) is 18.0. The van der Waals surface area contributed by atoms with Crippen LogP contribution in [0.3, 0.4) is 0 Å². The Morgan fingerprint density at radius 1 is 1.08 bits per heavy atom. The first-order chi connectivity index (χ1) is 11.6. The smallest absolute Gasteiger partial charge is 0.303 e. The predicted octanol–water partition coefficient (Wildman–Crippen LogP) is 4.00. The fourth-order valence-electron chi connectivity index (χ4n) is 6.85. The van der Waals surface area contributed by atoms with Crippen molar-refractivity contribution in [3.63, 3.8) is 0 Å². The lowest BCUT2D eigenvalue weighted by molar-refractivity contribution is -0.117. The van der Waals surface area contributed by atoms with Gasteiger partial charge in [-0.25, -0.2) is 4.57 Å². The molecule has 0 spiro atoms. The Hall–Kier alpha value is -0.480. The number of fused-ring (bicyclic) bond motifs is 5. The number of hydrogen-bond donors (Lipinski definition) is 2. The van der Waals surface area contributed by atoms with Crippen molar-refractivity contribution in [1.82, 2.24) is 0 Å². The molecule has 25 heavy (non-hydrogen) atoms. The second kappa shape index (κ2) is 5.76. The Morgan fingerprint density at radius 2 is 1.84 bits per heavy atom. The summed E-state index contributed by atoms with van der Waals surface area (Å²) in [6.45, 7) is 4.53. The van der Waals surface area contributed by atoms with Crippen LogP contribution in [0, 0.1) is 28.6 Å². The van der Waals surface area contributed by atoms with E-state index >= 15 is 0 Å². The van der Waals surface area contributed by atoms with E-state index in [1.807, 2.05) is 6.08 Å². The monoisotopic (exact) mass is 368 g/mol. The Kier molecular flexibility index (Phi) is 4.12. The van der Waals surface area contributed by atoms with Crippen LogP contribution in [0.5, 0.6) is 0 Å². The van der Waals surface area contributed by atoms with Gasteiger partial charge in [-0.1, -0.05) is 19.4 Å². The molecule has 0 amide bonds. The molecule has 3 saturated carbocycles. The van der Waals surface area contributed by atoms with Gasteiger partial charge >= 0.3 is 7.82 Å². The summed E-state index contributed by atoms with van der Waals surface area (Å²) in [5.41, 5.74) is 1.36. The van der Waals surface area contributed by atoms with Gasteiger partial charge in [0.05, 0.1) is 6.10 Å². The SMILES string of the molecule is C[C@@]12CC[C@H]3[C@@H](CCC4=CC(=O)CC[C@@]43C)[C@@H]1CC[C@@H]2OP(=O)(O)O. The van der Waals surface area contributed by atoms with Crippen molar-refractivity contribution in [3.8, 4) is 0 Å². The van der Waals surface area contributed by atoms with Crippen LogP contribution in [0.25, 0.3) is 0 Å². The van der Waals surface area contributed by atoms with Crippen LogP contribution in [-0.2, 0) is 13.9 Å². The fraction of sp³-hybridized carbons (Fsp3) is 0.842. The highest BCUT2D eigenvalue weighted by Gasteiger charge is 2.60. The molecule has 0 aromatic rings. The average molecular weight is 368 g/mol. The normalized spacial score (nSPS) is 46.9. The lowest BCUT2D eigenvalue weighted by atomic mass is 9.47. The highest BCUT2D eigenvalue weighted by atomic mass is 31.2. The van der Waals surface area contributed by atoms with Crippen LogP contribution in [0.2, 0.25) is 0 Å². The molecule has 4 aliphatic carbocycles. The molecule has 0 heterocycles. The molecule has 0 bridgehead atoms. The third kappa shape index (κ3) is 2.79. The van der Waals surface area contributed by atoms with Crippen molar-refractivity contribution < 1.29 is 23.7 Å². The Morgan fingerprint density at radius 3 is 2.56 bits per heavy atom. The van der Waals surface area contributed by atoms with Crippen LogP contribution < -0.4 is 0 Å². The fourth-order valence-corrected chi connectivity index (χ4v) is 7.53. The first-order valence-electron chi connectivity index (χ1n) is 9.61. The molecule has 0 saturated heterocycles. The first-order valence-corrected chi connectivity index (χ1v) is 11.1. The van der Waals surface area contributed by atoms with Gasteiger partial charge in [0.25, 0.3) is 0 Å². The molecule has 6 heteroatoms. The predicted molar refractivity (Wildman–Crippen MR) is 93.6 cm³/mol. The minimum absolute atomic E-state index is 0.135. The number of ketones is 1. The lowest BCUT2D eigenvalue weighted by Crippen LogP contribution is -2.51. The van der Waals surface area contributed by atoms with E-state index in [4.69, 9.17) is 4.52 Å². The third-order valence-corrected chi connectivity index (χ3v) is 8.67. The van der Waals surface area contributed by atoms with E-state index < -0.39 is 7.82 Å². The molecule has 0 aliphatic heterocycles. The van der Waals surface area contributed by atoms with Gasteiger partial charge in [0, 0.05) is 6.42 Å². The summed E-state index contributed by atoms with van der Waals surface area (Å²) in [5.74, 6) is 1.92. The van der Waals surface area contributed by atoms with Crippen molar-refractivity contribution >= 4 is 13.6 Å². The molecule has 5 nitrogen and oxygen atoms in total. The van der Waals surface area contributed by atoms with Crippen molar-refractivity contribution in [2.75, 3.05) is 0 Å². The maximum atomic E-state index is 11.9. The highest BCUT2D eigenvalue weighted by molar-refractivity contribution is 7.46. The molecule has 0 unspecified atom stereocenters. The van der Waals surface area contributed by atoms with Gasteiger partial charge in [-0.3, -0.25) is 9.32 Å². The first kappa shape index (κ1) is 17.9. The van der Waals surface area contributed by atoms with Crippen molar-refractivity contribution in [1.29, 1.82) is 0 Å². The van der Waals surface area contributed by atoms with E-state index in [-0.39, 0.29) is 22.7 Å². The van der Waals surface area contributed by atoms with Crippen molar-refractivity contribution in [3.05, 3.63) is 11.6 Å². The number of allylic oxidation sites excluding steroid dienone is 1. The summed E-state index contributed by atoms with van der Waals surface area (Å²) in [5, 5.41) is 0. The molecule has 4 rings (SSSR count). The van der Waals surface area contributed by atoms with Gasteiger partial charge in [0.15, 0.2) is 5.78 Å². The summed E-state index contributed by atoms with van der Waals surface area (Å²) in [6.07, 6.45) is 9.08. The lowest BCUT2D eigenvalue weighted by Gasteiger charge is -2.57. The summed E-state index contributed by atoms with van der Waals surface area (Å²) in [7, 11) is -4.45. The molecule has 0 radical (unpaired) electrons. The quantitative estimate of drug-likeness (QED) is 0.720. The van der Waals surface area contributed by atoms with Gasteiger partial charge in [-0.05, 0) is 79.6 Å². The molecule has 140 valence electrons. The summed E-state index contributed by atoms with van der Waals surface area (Å²) in [4.78, 5) is 30.4. The van der Waals surface area contributed by atoms with Crippen molar-refractivity contribution in [2.24, 2.45) is 28.6 Å². The second-order valence-electron chi connectivity index (χ2n) is 9.18. The Balaban J connectivity index is 1.61. The minimum Gasteiger partial charge on any atom is -0.303 e. The van der Waals surface area contributed by atoms with E-state index in [1.165, 1.54) is 5.57 Å².